The van der Waals surface area contributed by atoms with Crippen molar-refractivity contribution in [1.29, 1.82) is 0 Å². The Kier molecular flexibility index (Phi) is 4.64. The molecule has 2 heterocycles. The first kappa shape index (κ1) is 13.7. The van der Waals surface area contributed by atoms with Crippen LogP contribution in [0.15, 0.2) is 12.4 Å². The lowest BCUT2D eigenvalue weighted by molar-refractivity contribution is -0.0175. The van der Waals surface area contributed by atoms with Gasteiger partial charge in [-0.05, 0) is 7.05 Å². The highest BCUT2D eigenvalue weighted by Crippen LogP contribution is 2.04. The van der Waals surface area contributed by atoms with E-state index < -0.39 is 0 Å². The summed E-state index contributed by atoms with van der Waals surface area (Å²) in [5.41, 5.74) is 0.407. The van der Waals surface area contributed by atoms with Gasteiger partial charge in [0, 0.05) is 32.0 Å². The molecule has 1 aliphatic heterocycles. The molecule has 0 unspecified atom stereocenters. The zero-order valence-corrected chi connectivity index (χ0v) is 11.1. The Hall–Kier alpha value is -1.73. The first-order valence-corrected chi connectivity index (χ1v) is 6.13. The van der Waals surface area contributed by atoms with Crippen molar-refractivity contribution in [3.8, 4) is 6.01 Å². The van der Waals surface area contributed by atoms with Crippen molar-refractivity contribution in [3.05, 3.63) is 18.0 Å². The summed E-state index contributed by atoms with van der Waals surface area (Å²) in [7, 11) is 3.51. The average Bonchev–Trinajstić information content (AvgIpc) is 2.45. The lowest BCUT2D eigenvalue weighted by atomic mass is 10.2. The number of hydrogen-bond donors (Lipinski definition) is 1. The molecule has 1 saturated heterocycles. The Morgan fingerprint density at radius 1 is 1.58 bits per heavy atom. The second kappa shape index (κ2) is 6.44. The van der Waals surface area contributed by atoms with Crippen molar-refractivity contribution >= 4 is 5.91 Å². The number of nitrogens with zero attached hydrogens (tertiary/aromatic N) is 3. The van der Waals surface area contributed by atoms with E-state index in [1.54, 1.807) is 0 Å². The maximum Gasteiger partial charge on any atom is 0.316 e. The summed E-state index contributed by atoms with van der Waals surface area (Å²) < 4.78 is 10.4. The van der Waals surface area contributed by atoms with Gasteiger partial charge in [-0.15, -0.1) is 0 Å². The lowest BCUT2D eigenvalue weighted by Crippen LogP contribution is -2.45. The smallest absolute Gasteiger partial charge is 0.316 e. The van der Waals surface area contributed by atoms with E-state index in [1.165, 1.54) is 19.5 Å². The molecule has 0 spiro atoms. The third-order valence-electron chi connectivity index (χ3n) is 2.91. The monoisotopic (exact) mass is 266 g/mol. The highest BCUT2D eigenvalue weighted by molar-refractivity contribution is 5.93. The number of nitrogens with one attached hydrogen (secondary N) is 1. The molecule has 1 fully saturated rings. The van der Waals surface area contributed by atoms with Crippen LogP contribution in [0.5, 0.6) is 6.01 Å². The van der Waals surface area contributed by atoms with E-state index in [2.05, 4.69) is 20.2 Å². The number of aromatic nitrogens is 2. The van der Waals surface area contributed by atoms with Gasteiger partial charge in [-0.25, -0.2) is 9.97 Å². The second-order valence-electron chi connectivity index (χ2n) is 4.42. The van der Waals surface area contributed by atoms with Crippen LogP contribution in [0.1, 0.15) is 10.4 Å². The minimum absolute atomic E-state index is 0.0295. The summed E-state index contributed by atoms with van der Waals surface area (Å²) in [6, 6.07) is 0.244. The molecule has 1 aromatic rings. The molecule has 1 aliphatic rings. The molecule has 2 rings (SSSR count). The Balaban J connectivity index is 1.83. The van der Waals surface area contributed by atoms with E-state index in [1.807, 2.05) is 7.05 Å². The van der Waals surface area contributed by atoms with Gasteiger partial charge >= 0.3 is 6.01 Å². The molecule has 7 heteroatoms. The van der Waals surface area contributed by atoms with Crippen LogP contribution in [0.2, 0.25) is 0 Å². The highest BCUT2D eigenvalue weighted by atomic mass is 16.5. The minimum Gasteiger partial charge on any atom is -0.467 e. The topological polar surface area (TPSA) is 76.6 Å². The van der Waals surface area contributed by atoms with E-state index in [9.17, 15) is 4.79 Å². The molecule has 1 atom stereocenters. The average molecular weight is 266 g/mol. The van der Waals surface area contributed by atoms with E-state index in [0.717, 1.165) is 13.1 Å². The van der Waals surface area contributed by atoms with Crippen molar-refractivity contribution in [3.63, 3.8) is 0 Å². The van der Waals surface area contributed by atoms with E-state index in [-0.39, 0.29) is 18.0 Å². The molecule has 104 valence electrons. The van der Waals surface area contributed by atoms with Gasteiger partial charge in [0.2, 0.25) is 0 Å². The third-order valence-corrected chi connectivity index (χ3v) is 2.91. The quantitative estimate of drug-likeness (QED) is 0.795. The third kappa shape index (κ3) is 3.87. The van der Waals surface area contributed by atoms with Crippen molar-refractivity contribution in [2.75, 3.05) is 40.4 Å². The first-order valence-electron chi connectivity index (χ1n) is 6.13. The number of amides is 1. The SMILES string of the molecule is COc1ncc(C(=O)NC[C@@H]2CN(C)CCO2)cn1. The first-order chi connectivity index (χ1) is 9.19. The van der Waals surface area contributed by atoms with Crippen LogP contribution in [0.4, 0.5) is 0 Å². The molecule has 19 heavy (non-hydrogen) atoms. The van der Waals surface area contributed by atoms with Crippen LogP contribution in [0.3, 0.4) is 0 Å². The van der Waals surface area contributed by atoms with Crippen LogP contribution >= 0.6 is 0 Å². The fourth-order valence-corrected chi connectivity index (χ4v) is 1.84. The maximum atomic E-state index is 11.9. The summed E-state index contributed by atoms with van der Waals surface area (Å²) >= 11 is 0. The van der Waals surface area contributed by atoms with Gasteiger partial charge in [-0.2, -0.15) is 0 Å². The van der Waals surface area contributed by atoms with Gasteiger partial charge in [0.1, 0.15) is 0 Å². The summed E-state index contributed by atoms with van der Waals surface area (Å²) in [6.07, 6.45) is 2.91. The molecule has 1 amide bonds. The summed E-state index contributed by atoms with van der Waals surface area (Å²) in [5.74, 6) is -0.209. The number of carbonyl (C=O) groups excluding carboxylic acids is 1. The molecule has 0 saturated carbocycles. The molecule has 0 radical (unpaired) electrons. The van der Waals surface area contributed by atoms with Crippen molar-refractivity contribution in [1.82, 2.24) is 20.2 Å². The fraction of sp³-hybridized carbons (Fsp3) is 0.583. The predicted molar refractivity (Wildman–Crippen MR) is 68.2 cm³/mol. The van der Waals surface area contributed by atoms with Gasteiger partial charge in [-0.3, -0.25) is 4.79 Å². The number of methoxy groups -OCH3 is 1. The largest absolute Gasteiger partial charge is 0.467 e. The molecular weight excluding hydrogens is 248 g/mol. The predicted octanol–water partition coefficient (Wildman–Crippen LogP) is -0.454. The van der Waals surface area contributed by atoms with Gasteiger partial charge < -0.3 is 19.7 Å². The summed E-state index contributed by atoms with van der Waals surface area (Å²) in [4.78, 5) is 21.8. The van der Waals surface area contributed by atoms with Crippen molar-refractivity contribution in [2.24, 2.45) is 0 Å². The number of carbonyl (C=O) groups is 1. The molecule has 7 nitrogen and oxygen atoms in total. The van der Waals surface area contributed by atoms with Gasteiger partial charge in [0.05, 0.1) is 25.4 Å². The fourth-order valence-electron chi connectivity index (χ4n) is 1.84. The minimum atomic E-state index is -0.209. The number of morpholine rings is 1. The van der Waals surface area contributed by atoms with E-state index in [4.69, 9.17) is 9.47 Å². The number of likely N-dealkylation sites (N-methyl/N-ethyl adjacent to an activating group) is 1. The highest BCUT2D eigenvalue weighted by Gasteiger charge is 2.18. The zero-order chi connectivity index (χ0) is 13.7. The van der Waals surface area contributed by atoms with Crippen LogP contribution in [-0.2, 0) is 4.74 Å². The number of hydrogen-bond acceptors (Lipinski definition) is 6. The van der Waals surface area contributed by atoms with Crippen LogP contribution < -0.4 is 10.1 Å². The standard InChI is InChI=1S/C12H18N4O3/c1-16-3-4-19-10(8-16)7-13-11(17)9-5-14-12(18-2)15-6-9/h5-6,10H,3-4,7-8H2,1-2H3,(H,13,17)/t10-/m1/s1. The molecule has 1 N–H and O–H groups in total. The van der Waals surface area contributed by atoms with E-state index in [0.29, 0.717) is 18.7 Å². The van der Waals surface area contributed by atoms with Crippen molar-refractivity contribution < 1.29 is 14.3 Å². The van der Waals surface area contributed by atoms with Crippen LogP contribution in [0.25, 0.3) is 0 Å². The van der Waals surface area contributed by atoms with Gasteiger partial charge in [-0.1, -0.05) is 0 Å². The Bertz CT molecular complexity index is 423. The zero-order valence-electron chi connectivity index (χ0n) is 11.1. The normalized spacial score (nSPS) is 20.0. The maximum absolute atomic E-state index is 11.9. The molecule has 1 aromatic heterocycles. The Labute approximate surface area is 111 Å². The van der Waals surface area contributed by atoms with Gasteiger partial charge in [0.15, 0.2) is 0 Å². The molecule has 0 aliphatic carbocycles. The molecule has 0 aromatic carbocycles. The van der Waals surface area contributed by atoms with Crippen molar-refractivity contribution in [2.45, 2.75) is 6.10 Å². The van der Waals surface area contributed by atoms with Crippen LogP contribution in [0, 0.1) is 0 Å². The Morgan fingerprint density at radius 2 is 2.32 bits per heavy atom. The summed E-state index contributed by atoms with van der Waals surface area (Å²) in [5, 5.41) is 2.82. The second-order valence-corrected chi connectivity index (χ2v) is 4.42. The summed E-state index contributed by atoms with van der Waals surface area (Å²) in [6.45, 7) is 2.92. The Morgan fingerprint density at radius 3 is 2.95 bits per heavy atom. The number of ether oxygens (including phenoxy) is 2. The van der Waals surface area contributed by atoms with Crippen LogP contribution in [-0.4, -0.2) is 67.3 Å². The lowest BCUT2D eigenvalue weighted by Gasteiger charge is -2.30. The molecule has 0 bridgehead atoms. The van der Waals surface area contributed by atoms with E-state index >= 15 is 0 Å². The molecular formula is C12H18N4O3. The number of rotatable bonds is 4. The van der Waals surface area contributed by atoms with Gasteiger partial charge in [0.25, 0.3) is 5.91 Å².